The van der Waals surface area contributed by atoms with Gasteiger partial charge in [0.25, 0.3) is 0 Å². The highest BCUT2D eigenvalue weighted by molar-refractivity contribution is 7.99. The number of ether oxygens (including phenoxy) is 1. The van der Waals surface area contributed by atoms with Crippen LogP contribution < -0.4 is 4.74 Å². The Morgan fingerprint density at radius 3 is 2.71 bits per heavy atom. The largest absolute Gasteiger partial charge is 0.497 e. The topological polar surface area (TPSA) is 45.6 Å². The van der Waals surface area contributed by atoms with Gasteiger partial charge in [-0.3, -0.25) is 4.98 Å². The van der Waals surface area contributed by atoms with Crippen LogP contribution in [0, 0.1) is 5.41 Å². The Morgan fingerprint density at radius 2 is 2.03 bits per heavy atom. The number of hydrogen-bond acceptors (Lipinski definition) is 5. The van der Waals surface area contributed by atoms with E-state index in [-0.39, 0.29) is 18.4 Å². The summed E-state index contributed by atoms with van der Waals surface area (Å²) in [5.74, 6) is 1.78. The lowest BCUT2D eigenvalue weighted by Crippen LogP contribution is -2.43. The summed E-state index contributed by atoms with van der Waals surface area (Å²) in [6.07, 6.45) is 8.25. The van der Waals surface area contributed by atoms with Gasteiger partial charge in [0, 0.05) is 46.9 Å². The zero-order chi connectivity index (χ0) is 24.0. The summed E-state index contributed by atoms with van der Waals surface area (Å²) in [7, 11) is 1.56. The quantitative estimate of drug-likeness (QED) is 0.401. The number of aliphatic hydroxyl groups is 1. The molecule has 0 radical (unpaired) electrons. The number of thioether (sulfide) groups is 1. The summed E-state index contributed by atoms with van der Waals surface area (Å²) in [6, 6.07) is 5.30. The average molecular weight is 493 g/mol. The van der Waals surface area contributed by atoms with Crippen LogP contribution in [0.5, 0.6) is 5.75 Å². The van der Waals surface area contributed by atoms with E-state index in [0.29, 0.717) is 34.2 Å². The van der Waals surface area contributed by atoms with Crippen LogP contribution in [0.2, 0.25) is 0 Å². The Balaban J connectivity index is 1.36. The highest BCUT2D eigenvalue weighted by atomic mass is 32.2. The van der Waals surface area contributed by atoms with Crippen LogP contribution in [0.3, 0.4) is 0 Å². The normalized spacial score (nSPS) is 20.1. The van der Waals surface area contributed by atoms with E-state index in [9.17, 15) is 9.50 Å². The number of halogens is 2. The first-order valence-electron chi connectivity index (χ1n) is 12.7. The van der Waals surface area contributed by atoms with E-state index in [1.165, 1.54) is 37.6 Å². The fourth-order valence-corrected chi connectivity index (χ4v) is 6.92. The van der Waals surface area contributed by atoms with Gasteiger partial charge in [-0.2, -0.15) is 11.8 Å². The maximum absolute atomic E-state index is 15.7. The van der Waals surface area contributed by atoms with Crippen molar-refractivity contribution in [3.8, 4) is 5.75 Å². The van der Waals surface area contributed by atoms with Gasteiger partial charge in [-0.15, -0.1) is 0 Å². The van der Waals surface area contributed by atoms with Crippen molar-refractivity contribution in [2.75, 3.05) is 39.1 Å². The van der Waals surface area contributed by atoms with E-state index < -0.39 is 12.8 Å². The molecule has 0 bridgehead atoms. The number of aliphatic hydroxyl groups excluding tert-OH is 1. The van der Waals surface area contributed by atoms with Crippen molar-refractivity contribution < 1.29 is 18.6 Å². The van der Waals surface area contributed by atoms with Gasteiger partial charge in [-0.05, 0) is 75.2 Å². The van der Waals surface area contributed by atoms with E-state index >= 15 is 4.39 Å². The van der Waals surface area contributed by atoms with Gasteiger partial charge in [0.2, 0.25) is 0 Å². The Labute approximate surface area is 206 Å². The Hall–Kier alpha value is -1.44. The fourth-order valence-electron chi connectivity index (χ4n) is 5.56. The molecule has 1 saturated heterocycles. The fraction of sp³-hybridized carbons (Fsp3) is 0.667. The molecule has 4 rings (SSSR count). The zero-order valence-corrected chi connectivity index (χ0v) is 21.1. The molecule has 2 aliphatic rings. The molecule has 7 heteroatoms. The Morgan fingerprint density at radius 1 is 1.26 bits per heavy atom. The lowest BCUT2D eigenvalue weighted by Gasteiger charge is -2.41. The van der Waals surface area contributed by atoms with Crippen LogP contribution in [-0.2, 0) is 6.67 Å². The monoisotopic (exact) mass is 492 g/mol. The number of benzene rings is 1. The van der Waals surface area contributed by atoms with Crippen molar-refractivity contribution in [1.82, 2.24) is 9.88 Å². The molecule has 4 nitrogen and oxygen atoms in total. The number of piperidine rings is 1. The zero-order valence-electron chi connectivity index (χ0n) is 20.3. The van der Waals surface area contributed by atoms with Gasteiger partial charge in [-0.25, -0.2) is 8.78 Å². The first kappa shape index (κ1) is 25.6. The highest BCUT2D eigenvalue weighted by Crippen LogP contribution is 2.41. The van der Waals surface area contributed by atoms with E-state index in [2.05, 4.69) is 21.6 Å². The molecular formula is C27H38F2N2O2S. The third-order valence-corrected chi connectivity index (χ3v) is 9.26. The molecule has 1 unspecified atom stereocenters. The van der Waals surface area contributed by atoms with Gasteiger partial charge in [0.1, 0.15) is 18.6 Å². The lowest BCUT2D eigenvalue weighted by atomic mass is 9.74. The van der Waals surface area contributed by atoms with Crippen LogP contribution >= 0.6 is 11.8 Å². The molecule has 1 N–H and O–H groups in total. The number of fused-ring (bicyclic) bond motifs is 1. The molecular weight excluding hydrogens is 454 g/mol. The average Bonchev–Trinajstić information content (AvgIpc) is 3.40. The summed E-state index contributed by atoms with van der Waals surface area (Å²) < 4.78 is 34.7. The van der Waals surface area contributed by atoms with E-state index in [4.69, 9.17) is 4.74 Å². The second kappa shape index (κ2) is 12.0. The first-order chi connectivity index (χ1) is 16.6. The molecule has 34 heavy (non-hydrogen) atoms. The number of alkyl halides is 2. The maximum Gasteiger partial charge on any atom is 0.126 e. The minimum Gasteiger partial charge on any atom is -0.497 e. The van der Waals surface area contributed by atoms with Crippen molar-refractivity contribution in [3.63, 3.8) is 0 Å². The molecule has 1 atom stereocenters. The van der Waals surface area contributed by atoms with Gasteiger partial charge < -0.3 is 14.7 Å². The second-order valence-electron chi connectivity index (χ2n) is 10.00. The predicted molar refractivity (Wildman–Crippen MR) is 136 cm³/mol. The number of likely N-dealkylation sites (tertiary alicyclic amines) is 1. The van der Waals surface area contributed by atoms with Crippen molar-refractivity contribution in [2.45, 2.75) is 69.5 Å². The smallest absolute Gasteiger partial charge is 0.126 e. The standard InChI is InChI=1S/C27H38F2N2O2S/c1-33-21-6-7-25-23(16-21)26(20(17-28)18-30-25)24(29)8-9-27(19-32)10-12-31(13-11-27)14-15-34-22-4-2-3-5-22/h6-7,16,18,22,24,32H,2-5,8-15,17,19H2,1H3. The number of methoxy groups -OCH3 is 1. The van der Waals surface area contributed by atoms with Crippen molar-refractivity contribution in [3.05, 3.63) is 35.5 Å². The molecule has 0 spiro atoms. The number of rotatable bonds is 11. The molecule has 2 aromatic rings. The third kappa shape index (κ3) is 6.03. The lowest BCUT2D eigenvalue weighted by molar-refractivity contribution is 0.0322. The molecule has 1 aliphatic heterocycles. The van der Waals surface area contributed by atoms with Crippen molar-refractivity contribution >= 4 is 22.7 Å². The number of hydrogen-bond donors (Lipinski definition) is 1. The molecule has 1 aliphatic carbocycles. The number of pyridine rings is 1. The van der Waals surface area contributed by atoms with Gasteiger partial charge in [0.05, 0.1) is 12.6 Å². The van der Waals surface area contributed by atoms with Crippen LogP contribution in [0.1, 0.15) is 68.7 Å². The van der Waals surface area contributed by atoms with Gasteiger partial charge in [0.15, 0.2) is 0 Å². The van der Waals surface area contributed by atoms with Gasteiger partial charge in [-0.1, -0.05) is 12.8 Å². The highest BCUT2D eigenvalue weighted by Gasteiger charge is 2.35. The SMILES string of the molecule is COc1ccc2ncc(CF)c(C(F)CCC3(CO)CCN(CCSC4CCCC4)CC3)c2c1. The molecule has 2 heterocycles. The third-order valence-electron chi connectivity index (χ3n) is 7.90. The predicted octanol–water partition coefficient (Wildman–Crippen LogP) is 6.25. The summed E-state index contributed by atoms with van der Waals surface area (Å²) in [5, 5.41) is 11.7. The Bertz CT molecular complexity index is 925. The van der Waals surface area contributed by atoms with Crippen LogP contribution in [0.4, 0.5) is 8.78 Å². The van der Waals surface area contributed by atoms with E-state index in [1.54, 1.807) is 25.3 Å². The number of nitrogens with zero attached hydrogens (tertiary/aromatic N) is 2. The summed E-state index contributed by atoms with van der Waals surface area (Å²) in [6.45, 7) is 2.32. The van der Waals surface area contributed by atoms with E-state index in [1.807, 2.05) is 0 Å². The van der Waals surface area contributed by atoms with Crippen LogP contribution in [-0.4, -0.2) is 59.3 Å². The first-order valence-corrected chi connectivity index (χ1v) is 13.7. The second-order valence-corrected chi connectivity index (χ2v) is 11.4. The number of aromatic nitrogens is 1. The molecule has 188 valence electrons. The maximum atomic E-state index is 15.7. The van der Waals surface area contributed by atoms with E-state index in [0.717, 1.165) is 37.7 Å². The minimum absolute atomic E-state index is 0.0747. The van der Waals surface area contributed by atoms with Crippen LogP contribution in [0.25, 0.3) is 10.9 Å². The summed E-state index contributed by atoms with van der Waals surface area (Å²) in [4.78, 5) is 6.79. The van der Waals surface area contributed by atoms with Crippen LogP contribution in [0.15, 0.2) is 24.4 Å². The molecule has 1 saturated carbocycles. The summed E-state index contributed by atoms with van der Waals surface area (Å²) >= 11 is 2.12. The molecule has 1 aromatic carbocycles. The van der Waals surface area contributed by atoms with Crippen molar-refractivity contribution in [1.29, 1.82) is 0 Å². The van der Waals surface area contributed by atoms with Gasteiger partial charge >= 0.3 is 0 Å². The minimum atomic E-state index is -1.31. The molecule has 2 fully saturated rings. The summed E-state index contributed by atoms with van der Waals surface area (Å²) in [5.41, 5.74) is 1.05. The molecule has 0 amide bonds. The molecule has 1 aromatic heterocycles. The Kier molecular flexibility index (Phi) is 9.05. The van der Waals surface area contributed by atoms with Crippen molar-refractivity contribution in [2.24, 2.45) is 5.41 Å².